The molecular weight excluding hydrogens is 372 g/mol. The highest BCUT2D eigenvalue weighted by Gasteiger charge is 2.15. The van der Waals surface area contributed by atoms with Gasteiger partial charge in [-0.25, -0.2) is 19.9 Å². The normalized spacial score (nSPS) is 13.3. The molecule has 28 heavy (non-hydrogen) atoms. The van der Waals surface area contributed by atoms with Crippen LogP contribution in [0.25, 0.3) is 0 Å². The van der Waals surface area contributed by atoms with Crippen molar-refractivity contribution >= 4 is 17.4 Å². The molecule has 1 saturated heterocycles. The van der Waals surface area contributed by atoms with Gasteiger partial charge in [0.2, 0.25) is 0 Å². The Hall–Kier alpha value is -1.79. The summed E-state index contributed by atoms with van der Waals surface area (Å²) in [5.41, 5.74) is 1.96. The summed E-state index contributed by atoms with van der Waals surface area (Å²) in [5.74, 6) is 2.66. The van der Waals surface area contributed by atoms with E-state index in [1.54, 1.807) is 6.07 Å². The van der Waals surface area contributed by atoms with Crippen LogP contribution < -0.4 is 4.90 Å². The van der Waals surface area contributed by atoms with Crippen molar-refractivity contribution in [3.05, 3.63) is 40.3 Å². The third kappa shape index (κ3) is 9.95. The van der Waals surface area contributed by atoms with Gasteiger partial charge >= 0.3 is 0 Å². The van der Waals surface area contributed by atoms with Gasteiger partial charge in [0.15, 0.2) is 0 Å². The molecule has 2 aromatic heterocycles. The Balaban J connectivity index is 0.000000481. The molecule has 0 N–H and O–H groups in total. The minimum Gasteiger partial charge on any atom is -0.354 e. The molecule has 0 saturated carbocycles. The molecule has 6 nitrogen and oxygen atoms in total. The van der Waals surface area contributed by atoms with Crippen LogP contribution in [0.4, 0.5) is 5.82 Å². The van der Waals surface area contributed by atoms with Gasteiger partial charge in [-0.15, -0.1) is 0 Å². The topological polar surface area (TPSA) is 58.0 Å². The molecule has 7 heteroatoms. The Morgan fingerprint density at radius 2 is 1.18 bits per heavy atom. The van der Waals surface area contributed by atoms with E-state index in [-0.39, 0.29) is 0 Å². The summed E-state index contributed by atoms with van der Waals surface area (Å²) in [5, 5.41) is 0.514. The lowest BCUT2D eigenvalue weighted by Gasteiger charge is -2.33. The molecule has 3 heterocycles. The average molecular weight is 409 g/mol. The number of likely N-dealkylation sites (N-methyl/N-ethyl adjacent to an activating group) is 1. The van der Waals surface area contributed by atoms with Crippen LogP contribution in [0.15, 0.2) is 12.1 Å². The fourth-order valence-corrected chi connectivity index (χ4v) is 2.85. The number of rotatable bonds is 1. The smallest absolute Gasteiger partial charge is 0.133 e. The molecule has 0 bridgehead atoms. The SMILES string of the molecule is CC.CC.Cc1cc(Cl)nc(C)n1.Cc1cc(N2CCN(C)CC2)nc(C)n1. The van der Waals surface area contributed by atoms with E-state index in [0.29, 0.717) is 5.15 Å². The van der Waals surface area contributed by atoms with Crippen molar-refractivity contribution in [3.63, 3.8) is 0 Å². The van der Waals surface area contributed by atoms with Crippen LogP contribution in [0.1, 0.15) is 50.7 Å². The third-order valence-corrected chi connectivity index (χ3v) is 3.91. The highest BCUT2D eigenvalue weighted by Crippen LogP contribution is 2.14. The van der Waals surface area contributed by atoms with Crippen LogP contribution in [0.2, 0.25) is 5.15 Å². The van der Waals surface area contributed by atoms with E-state index < -0.39 is 0 Å². The summed E-state index contributed by atoms with van der Waals surface area (Å²) in [6, 6.07) is 3.80. The van der Waals surface area contributed by atoms with Crippen molar-refractivity contribution in [2.45, 2.75) is 55.4 Å². The summed E-state index contributed by atoms with van der Waals surface area (Å²) in [7, 11) is 2.16. The van der Waals surface area contributed by atoms with Crippen LogP contribution >= 0.6 is 11.6 Å². The molecule has 1 aliphatic heterocycles. The molecule has 2 aromatic rings. The number of aromatic nitrogens is 4. The zero-order valence-electron chi connectivity index (χ0n) is 19.0. The first-order valence-corrected chi connectivity index (χ1v) is 10.4. The minimum absolute atomic E-state index is 0.514. The molecule has 158 valence electrons. The lowest BCUT2D eigenvalue weighted by atomic mass is 10.3. The van der Waals surface area contributed by atoms with E-state index in [0.717, 1.165) is 55.0 Å². The van der Waals surface area contributed by atoms with Crippen molar-refractivity contribution in [2.24, 2.45) is 0 Å². The Morgan fingerprint density at radius 3 is 1.61 bits per heavy atom. The maximum atomic E-state index is 5.60. The van der Waals surface area contributed by atoms with Gasteiger partial charge in [-0.3, -0.25) is 0 Å². The number of hydrogen-bond donors (Lipinski definition) is 0. The summed E-state index contributed by atoms with van der Waals surface area (Å²) in [6.07, 6.45) is 0. The highest BCUT2D eigenvalue weighted by atomic mass is 35.5. The fraction of sp³-hybridized carbons (Fsp3) is 0.619. The molecule has 0 unspecified atom stereocenters. The lowest BCUT2D eigenvalue weighted by molar-refractivity contribution is 0.312. The first-order valence-electron chi connectivity index (χ1n) is 10.1. The Morgan fingerprint density at radius 1 is 0.714 bits per heavy atom. The first-order chi connectivity index (χ1) is 13.3. The predicted octanol–water partition coefficient (Wildman–Crippen LogP) is 4.64. The van der Waals surface area contributed by atoms with E-state index in [2.05, 4.69) is 42.8 Å². The first kappa shape index (κ1) is 26.2. The van der Waals surface area contributed by atoms with Crippen LogP contribution in [-0.2, 0) is 0 Å². The van der Waals surface area contributed by atoms with E-state index in [1.807, 2.05) is 55.4 Å². The van der Waals surface area contributed by atoms with Crippen LogP contribution in [-0.4, -0.2) is 58.1 Å². The van der Waals surface area contributed by atoms with E-state index >= 15 is 0 Å². The molecule has 0 aliphatic carbocycles. The highest BCUT2D eigenvalue weighted by molar-refractivity contribution is 6.29. The van der Waals surface area contributed by atoms with E-state index in [9.17, 15) is 0 Å². The zero-order valence-corrected chi connectivity index (χ0v) is 19.8. The summed E-state index contributed by atoms with van der Waals surface area (Å²) >= 11 is 5.60. The standard InChI is InChI=1S/C11H18N4.C6H7ClN2.2C2H6/c1-9-8-11(13-10(2)12-9)15-6-4-14(3)5-7-15;1-4-3-6(7)9-5(2)8-4;2*1-2/h8H,4-7H2,1-3H3;3H,1-2H3;2*1-2H3. The molecule has 3 rings (SSSR count). The van der Waals surface area contributed by atoms with Crippen molar-refractivity contribution < 1.29 is 0 Å². The number of anilines is 1. The largest absolute Gasteiger partial charge is 0.354 e. The van der Waals surface area contributed by atoms with Gasteiger partial charge in [-0.05, 0) is 40.8 Å². The monoisotopic (exact) mass is 408 g/mol. The Labute approximate surface area is 176 Å². The quantitative estimate of drug-likeness (QED) is 0.640. The van der Waals surface area contributed by atoms with Crippen molar-refractivity contribution in [3.8, 4) is 0 Å². The number of hydrogen-bond acceptors (Lipinski definition) is 6. The van der Waals surface area contributed by atoms with Crippen molar-refractivity contribution in [2.75, 3.05) is 38.1 Å². The predicted molar refractivity (Wildman–Crippen MR) is 120 cm³/mol. The van der Waals surface area contributed by atoms with Crippen LogP contribution in [0, 0.1) is 27.7 Å². The summed E-state index contributed by atoms with van der Waals surface area (Å²) in [6.45, 7) is 20.0. The van der Waals surface area contributed by atoms with Gasteiger partial charge in [0.25, 0.3) is 0 Å². The fourth-order valence-electron chi connectivity index (χ4n) is 2.57. The summed E-state index contributed by atoms with van der Waals surface area (Å²) < 4.78 is 0. The second kappa shape index (κ2) is 14.2. The maximum Gasteiger partial charge on any atom is 0.133 e. The maximum absolute atomic E-state index is 5.60. The molecule has 1 fully saturated rings. The van der Waals surface area contributed by atoms with Crippen molar-refractivity contribution in [1.82, 2.24) is 24.8 Å². The van der Waals surface area contributed by atoms with Gasteiger partial charge in [0.05, 0.1) is 0 Å². The van der Waals surface area contributed by atoms with Crippen molar-refractivity contribution in [1.29, 1.82) is 0 Å². The number of halogens is 1. The molecular formula is C21H37ClN6. The number of piperazine rings is 1. The second-order valence-corrected chi connectivity index (χ2v) is 6.47. The average Bonchev–Trinajstić information content (AvgIpc) is 2.64. The third-order valence-electron chi connectivity index (χ3n) is 3.71. The Bertz CT molecular complexity index is 614. The van der Waals surface area contributed by atoms with E-state index in [1.165, 1.54) is 0 Å². The Kier molecular flexibility index (Phi) is 13.3. The van der Waals surface area contributed by atoms with Gasteiger partial charge in [-0.2, -0.15) is 0 Å². The van der Waals surface area contributed by atoms with Crippen LogP contribution in [0.5, 0.6) is 0 Å². The molecule has 0 spiro atoms. The lowest BCUT2D eigenvalue weighted by Crippen LogP contribution is -2.44. The van der Waals surface area contributed by atoms with Gasteiger partial charge in [-0.1, -0.05) is 39.3 Å². The molecule has 0 amide bonds. The molecule has 0 radical (unpaired) electrons. The van der Waals surface area contributed by atoms with Gasteiger partial charge in [0.1, 0.15) is 22.6 Å². The molecule has 0 atom stereocenters. The number of aryl methyl sites for hydroxylation is 4. The zero-order chi connectivity index (χ0) is 21.7. The van der Waals surface area contributed by atoms with Gasteiger partial charge < -0.3 is 9.80 Å². The van der Waals surface area contributed by atoms with Gasteiger partial charge in [0, 0.05) is 43.6 Å². The number of nitrogens with zero attached hydrogens (tertiary/aromatic N) is 6. The molecule has 1 aliphatic rings. The molecule has 0 aromatic carbocycles. The summed E-state index contributed by atoms with van der Waals surface area (Å²) in [4.78, 5) is 21.4. The second-order valence-electron chi connectivity index (χ2n) is 6.08. The minimum atomic E-state index is 0.514. The van der Waals surface area contributed by atoms with E-state index in [4.69, 9.17) is 11.6 Å². The van der Waals surface area contributed by atoms with Crippen LogP contribution in [0.3, 0.4) is 0 Å².